The summed E-state index contributed by atoms with van der Waals surface area (Å²) in [7, 11) is -4.02. The molecule has 0 aliphatic heterocycles. The highest BCUT2D eigenvalue weighted by Gasteiger charge is 2.43. The summed E-state index contributed by atoms with van der Waals surface area (Å²) in [5, 5.41) is 8.29. The quantitative estimate of drug-likeness (QED) is 0.897. The van der Waals surface area contributed by atoms with Crippen LogP contribution in [0.15, 0.2) is 53.6 Å². The molecule has 0 aliphatic rings. The van der Waals surface area contributed by atoms with Crippen molar-refractivity contribution in [1.29, 1.82) is 0 Å². The van der Waals surface area contributed by atoms with Gasteiger partial charge in [0.2, 0.25) is 9.84 Å². The standard InChI is InChI=1S/C18H22N2O4S/c1-13-8-10-14(11-9-13)25(23,24)16(15-7-5-6-12-19-15)20(17(21)22)18(2,3)4/h5-12,16H,1-4H3,(H,21,22). The van der Waals surface area contributed by atoms with Crippen LogP contribution in [0.3, 0.4) is 0 Å². The van der Waals surface area contributed by atoms with Gasteiger partial charge in [-0.25, -0.2) is 13.2 Å². The number of carbonyl (C=O) groups is 1. The molecule has 6 nitrogen and oxygen atoms in total. The normalized spacial score (nSPS) is 13.3. The van der Waals surface area contributed by atoms with E-state index in [9.17, 15) is 18.3 Å². The summed E-state index contributed by atoms with van der Waals surface area (Å²) in [6.45, 7) is 6.82. The number of hydrogen-bond acceptors (Lipinski definition) is 4. The molecule has 0 saturated heterocycles. The Bertz CT molecular complexity index is 841. The van der Waals surface area contributed by atoms with Gasteiger partial charge in [-0.2, -0.15) is 0 Å². The first-order valence-corrected chi connectivity index (χ1v) is 9.33. The summed E-state index contributed by atoms with van der Waals surface area (Å²) < 4.78 is 26.6. The minimum Gasteiger partial charge on any atom is -0.465 e. The molecule has 1 aromatic heterocycles. The Morgan fingerprint density at radius 1 is 1.12 bits per heavy atom. The Morgan fingerprint density at radius 2 is 1.72 bits per heavy atom. The second kappa shape index (κ2) is 6.84. The number of rotatable bonds is 4. The molecule has 0 spiro atoms. The first-order chi connectivity index (χ1) is 11.5. The van der Waals surface area contributed by atoms with Crippen LogP contribution < -0.4 is 0 Å². The van der Waals surface area contributed by atoms with Gasteiger partial charge in [-0.15, -0.1) is 0 Å². The molecule has 0 saturated carbocycles. The van der Waals surface area contributed by atoms with E-state index >= 15 is 0 Å². The zero-order valence-corrected chi connectivity index (χ0v) is 15.5. The van der Waals surface area contributed by atoms with Crippen LogP contribution in [0.5, 0.6) is 0 Å². The summed E-state index contributed by atoms with van der Waals surface area (Å²) in [4.78, 5) is 17.0. The number of hydrogen-bond donors (Lipinski definition) is 1. The van der Waals surface area contributed by atoms with Crippen molar-refractivity contribution in [2.24, 2.45) is 0 Å². The van der Waals surface area contributed by atoms with Gasteiger partial charge >= 0.3 is 6.09 Å². The highest BCUT2D eigenvalue weighted by atomic mass is 32.2. The highest BCUT2D eigenvalue weighted by molar-refractivity contribution is 7.91. The van der Waals surface area contributed by atoms with Crippen LogP contribution in [0.2, 0.25) is 0 Å². The summed E-state index contributed by atoms with van der Waals surface area (Å²) in [5.41, 5.74) is 0.144. The highest BCUT2D eigenvalue weighted by Crippen LogP contribution is 2.35. The van der Waals surface area contributed by atoms with Crippen molar-refractivity contribution in [3.05, 3.63) is 59.9 Å². The summed E-state index contributed by atoms with van der Waals surface area (Å²) in [6.07, 6.45) is 0.134. The third-order valence-electron chi connectivity index (χ3n) is 3.75. The van der Waals surface area contributed by atoms with Gasteiger partial charge in [0.25, 0.3) is 0 Å². The van der Waals surface area contributed by atoms with E-state index in [1.165, 1.54) is 24.4 Å². The van der Waals surface area contributed by atoms with Crippen molar-refractivity contribution in [3.8, 4) is 0 Å². The maximum atomic E-state index is 13.3. The summed E-state index contributed by atoms with van der Waals surface area (Å²) >= 11 is 0. The average Bonchev–Trinajstić information content (AvgIpc) is 2.52. The molecule has 2 aromatic rings. The van der Waals surface area contributed by atoms with Crippen LogP contribution in [0.25, 0.3) is 0 Å². The molecule has 2 rings (SSSR count). The number of aryl methyl sites for hydroxylation is 1. The van der Waals surface area contributed by atoms with Crippen LogP contribution >= 0.6 is 0 Å². The van der Waals surface area contributed by atoms with Gasteiger partial charge in [0.05, 0.1) is 10.6 Å². The molecule has 1 unspecified atom stereocenters. The van der Waals surface area contributed by atoms with Crippen molar-refractivity contribution in [2.75, 3.05) is 0 Å². The number of nitrogens with zero attached hydrogens (tertiary/aromatic N) is 2. The van der Waals surface area contributed by atoms with E-state index in [1.807, 2.05) is 6.92 Å². The maximum absolute atomic E-state index is 13.3. The van der Waals surface area contributed by atoms with Crippen molar-refractivity contribution < 1.29 is 18.3 Å². The number of aromatic nitrogens is 1. The molecule has 1 N–H and O–H groups in total. The Morgan fingerprint density at radius 3 is 2.16 bits per heavy atom. The van der Waals surface area contributed by atoms with E-state index in [0.717, 1.165) is 10.5 Å². The number of benzene rings is 1. The molecule has 0 radical (unpaired) electrons. The fraction of sp³-hybridized carbons (Fsp3) is 0.333. The predicted molar refractivity (Wildman–Crippen MR) is 95.0 cm³/mol. The zero-order chi connectivity index (χ0) is 18.8. The lowest BCUT2D eigenvalue weighted by Crippen LogP contribution is -2.49. The molecule has 0 aliphatic carbocycles. The molecule has 1 aromatic carbocycles. The van der Waals surface area contributed by atoms with E-state index in [0.29, 0.717) is 0 Å². The van der Waals surface area contributed by atoms with E-state index < -0.39 is 26.8 Å². The van der Waals surface area contributed by atoms with Gasteiger partial charge in [0, 0.05) is 11.7 Å². The van der Waals surface area contributed by atoms with Gasteiger partial charge in [-0.05, 0) is 52.0 Å². The Balaban J connectivity index is 2.71. The van der Waals surface area contributed by atoms with Crippen LogP contribution in [0, 0.1) is 6.92 Å². The van der Waals surface area contributed by atoms with E-state index in [-0.39, 0.29) is 10.6 Å². The van der Waals surface area contributed by atoms with Crippen LogP contribution in [-0.4, -0.2) is 35.0 Å². The Labute approximate surface area is 148 Å². The van der Waals surface area contributed by atoms with Crippen LogP contribution in [0.4, 0.5) is 4.79 Å². The van der Waals surface area contributed by atoms with Gasteiger partial charge in [-0.1, -0.05) is 23.8 Å². The van der Waals surface area contributed by atoms with Gasteiger partial charge in [-0.3, -0.25) is 9.88 Å². The van der Waals surface area contributed by atoms with Crippen molar-refractivity contribution in [3.63, 3.8) is 0 Å². The van der Waals surface area contributed by atoms with Crippen molar-refractivity contribution in [2.45, 2.75) is 43.5 Å². The van der Waals surface area contributed by atoms with Gasteiger partial charge in [0.1, 0.15) is 0 Å². The van der Waals surface area contributed by atoms with Crippen LogP contribution in [-0.2, 0) is 9.84 Å². The Kier molecular flexibility index (Phi) is 5.17. The lowest BCUT2D eigenvalue weighted by atomic mass is 10.1. The first kappa shape index (κ1) is 18.9. The summed E-state index contributed by atoms with van der Waals surface area (Å²) in [5.74, 6) is 0. The SMILES string of the molecule is Cc1ccc(S(=O)(=O)C(c2ccccn2)N(C(=O)O)C(C)(C)C)cc1. The third kappa shape index (κ3) is 3.99. The molecule has 1 atom stereocenters. The average molecular weight is 362 g/mol. The second-order valence-electron chi connectivity index (χ2n) is 6.79. The molecule has 134 valence electrons. The number of amides is 1. The van der Waals surface area contributed by atoms with Gasteiger partial charge in [0.15, 0.2) is 5.37 Å². The lowest BCUT2D eigenvalue weighted by Gasteiger charge is -2.38. The smallest absolute Gasteiger partial charge is 0.409 e. The molecular formula is C18H22N2O4S. The molecule has 7 heteroatoms. The molecule has 0 bridgehead atoms. The minimum absolute atomic E-state index is 0.0595. The summed E-state index contributed by atoms with van der Waals surface area (Å²) in [6, 6.07) is 11.2. The second-order valence-corrected chi connectivity index (χ2v) is 8.80. The van der Waals surface area contributed by atoms with E-state index in [2.05, 4.69) is 4.98 Å². The fourth-order valence-corrected chi connectivity index (χ4v) is 4.46. The first-order valence-electron chi connectivity index (χ1n) is 7.79. The number of pyridine rings is 1. The molecule has 1 amide bonds. The Hall–Kier alpha value is -2.41. The predicted octanol–water partition coefficient (Wildman–Crippen LogP) is 3.64. The topological polar surface area (TPSA) is 87.6 Å². The fourth-order valence-electron chi connectivity index (χ4n) is 2.55. The largest absolute Gasteiger partial charge is 0.465 e. The lowest BCUT2D eigenvalue weighted by molar-refractivity contribution is 0.0894. The monoisotopic (exact) mass is 362 g/mol. The van der Waals surface area contributed by atoms with Crippen molar-refractivity contribution >= 4 is 15.9 Å². The number of sulfone groups is 1. The minimum atomic E-state index is -4.02. The van der Waals surface area contributed by atoms with E-state index in [1.54, 1.807) is 45.0 Å². The number of carboxylic acid groups (broad SMARTS) is 1. The molecular weight excluding hydrogens is 340 g/mol. The van der Waals surface area contributed by atoms with Gasteiger partial charge < -0.3 is 5.11 Å². The van der Waals surface area contributed by atoms with Crippen LogP contribution in [0.1, 0.15) is 37.4 Å². The zero-order valence-electron chi connectivity index (χ0n) is 14.7. The molecule has 25 heavy (non-hydrogen) atoms. The molecule has 0 fully saturated rings. The van der Waals surface area contributed by atoms with E-state index in [4.69, 9.17) is 0 Å². The molecule has 1 heterocycles. The third-order valence-corrected chi connectivity index (χ3v) is 5.72. The maximum Gasteiger partial charge on any atom is 0.409 e. The van der Waals surface area contributed by atoms with Crippen molar-refractivity contribution in [1.82, 2.24) is 9.88 Å².